The lowest BCUT2D eigenvalue weighted by atomic mass is 10.0. The molecule has 0 bridgehead atoms. The number of aliphatic hydroxyl groups excluding tert-OH is 2. The van der Waals surface area contributed by atoms with Crippen molar-refractivity contribution in [2.45, 2.75) is 115 Å². The van der Waals surface area contributed by atoms with Crippen LogP contribution in [0.4, 0.5) is 34.1 Å². The summed E-state index contributed by atoms with van der Waals surface area (Å²) in [5, 5.41) is 42.4. The highest BCUT2D eigenvalue weighted by molar-refractivity contribution is 8.00. The first-order valence-electron chi connectivity index (χ1n) is 35.7. The van der Waals surface area contributed by atoms with E-state index in [0.717, 1.165) is 177 Å². The van der Waals surface area contributed by atoms with Gasteiger partial charge in [-0.25, -0.2) is 0 Å². The minimum atomic E-state index is -0.725. The van der Waals surface area contributed by atoms with Gasteiger partial charge in [-0.15, -0.1) is 33.7 Å². The Morgan fingerprint density at radius 1 is 0.323 bits per heavy atom. The predicted octanol–water partition coefficient (Wildman–Crippen LogP) is 17.7. The van der Waals surface area contributed by atoms with Crippen LogP contribution in [-0.4, -0.2) is 150 Å². The molecule has 8 aromatic rings. The standard InChI is InChI=1S/C82H100N10O4S3/c1-13-87(14-2)59-29-41-71-72-42-30-60(88(15-3)16-4)46-76(72)81(75(71)45-59)85-83-51-57-25-27-63(91(21-9)22-10)49-79(57)95-53-65(93)55-97-67-33-37-69(38-34-67)99-70-39-35-68(36-40-70)98-56-66(94)54-96-80-50-64(92(23-11)24-12)28-26-58(80)52-84-86-82-77-47-61(89(17-5)18-6)31-43-73(77)74-44-32-62(48-78(74)82)90(19-7)20-8/h25-52,65-66,93-94H,13-24,53-56H2,1-12H3. The maximum atomic E-state index is 11.4. The van der Waals surface area contributed by atoms with Crippen LogP contribution >= 0.6 is 35.3 Å². The van der Waals surface area contributed by atoms with Gasteiger partial charge in [-0.05, 0) is 227 Å². The highest BCUT2D eigenvalue weighted by atomic mass is 32.2. The zero-order valence-electron chi connectivity index (χ0n) is 60.0. The van der Waals surface area contributed by atoms with Crippen LogP contribution in [0.2, 0.25) is 0 Å². The first-order chi connectivity index (χ1) is 48.3. The Hall–Kier alpha value is -8.19. The Morgan fingerprint density at radius 2 is 0.576 bits per heavy atom. The molecular formula is C82H100N10O4S3. The van der Waals surface area contributed by atoms with E-state index in [9.17, 15) is 10.2 Å². The van der Waals surface area contributed by atoms with Crippen LogP contribution in [0.3, 0.4) is 0 Å². The second kappa shape index (κ2) is 35.7. The normalized spacial score (nSPS) is 12.7. The smallest absolute Gasteiger partial charge is 0.130 e. The zero-order valence-corrected chi connectivity index (χ0v) is 62.5. The summed E-state index contributed by atoms with van der Waals surface area (Å²) >= 11 is 4.91. The van der Waals surface area contributed by atoms with Gasteiger partial charge in [-0.1, -0.05) is 36.0 Å². The van der Waals surface area contributed by atoms with E-state index in [1.54, 1.807) is 47.7 Å². The fourth-order valence-corrected chi connectivity index (χ4v) is 15.5. The van der Waals surface area contributed by atoms with Crippen molar-refractivity contribution < 1.29 is 19.7 Å². The lowest BCUT2D eigenvalue weighted by Crippen LogP contribution is -2.23. The number of hydrogen-bond acceptors (Lipinski definition) is 17. The molecule has 0 saturated carbocycles. The average Bonchev–Trinajstić information content (AvgIpc) is 1.61. The van der Waals surface area contributed by atoms with Crippen LogP contribution in [0, 0.1) is 0 Å². The summed E-state index contributed by atoms with van der Waals surface area (Å²) in [4.78, 5) is 18.4. The van der Waals surface area contributed by atoms with Gasteiger partial charge in [0.05, 0.1) is 24.6 Å². The minimum Gasteiger partial charge on any atom is -0.490 e. The summed E-state index contributed by atoms with van der Waals surface area (Å²) in [6, 6.07) is 56.2. The SMILES string of the molecule is CCN(CC)c1ccc(C=NN=C2c3cc(N(CC)CC)ccc3-c3ccc(N(CC)CC)cc32)c(OCC(O)CSc2ccc(Sc3ccc(SCC(O)COc4cc(N(CC)CC)ccc4C=NN=C4c5cc(N(CC)CC)ccc5-c5ccc(N(CC)CC)cc54)cc3)cc2)c1. The Kier molecular flexibility index (Phi) is 26.5. The monoisotopic (exact) mass is 1380 g/mol. The number of aliphatic hydroxyl groups is 2. The first-order valence-corrected chi connectivity index (χ1v) is 38.5. The Labute approximate surface area is 601 Å². The van der Waals surface area contributed by atoms with Gasteiger partial charge in [0.2, 0.25) is 0 Å². The van der Waals surface area contributed by atoms with Crippen molar-refractivity contribution in [3.05, 3.63) is 191 Å². The van der Waals surface area contributed by atoms with Gasteiger partial charge in [-0.3, -0.25) is 0 Å². The molecule has 0 spiro atoms. The number of nitrogens with zero attached hydrogens (tertiary/aromatic N) is 10. The maximum absolute atomic E-state index is 11.4. The number of benzene rings is 8. The van der Waals surface area contributed by atoms with Crippen LogP contribution in [0.1, 0.15) is 116 Å². The molecule has 2 unspecified atom stereocenters. The zero-order chi connectivity index (χ0) is 70.0. The van der Waals surface area contributed by atoms with Crippen molar-refractivity contribution in [2.75, 3.05) is 133 Å². The summed E-state index contributed by atoms with van der Waals surface area (Å²) in [5.41, 5.74) is 19.0. The number of thioether (sulfide) groups is 2. The van der Waals surface area contributed by atoms with Crippen LogP contribution in [0.5, 0.6) is 11.5 Å². The third-order valence-electron chi connectivity index (χ3n) is 18.7. The third-order valence-corrected chi connectivity index (χ3v) is 22.0. The third kappa shape index (κ3) is 17.7. The molecule has 0 aliphatic heterocycles. The van der Waals surface area contributed by atoms with Crippen molar-refractivity contribution in [3.63, 3.8) is 0 Å². The number of hydrogen-bond donors (Lipinski definition) is 2. The van der Waals surface area contributed by atoms with E-state index >= 15 is 0 Å². The largest absolute Gasteiger partial charge is 0.490 e. The van der Waals surface area contributed by atoms with Crippen molar-refractivity contribution >= 4 is 93.3 Å². The average molecular weight is 1390 g/mol. The van der Waals surface area contributed by atoms with Gasteiger partial charge in [0.1, 0.15) is 36.1 Å². The van der Waals surface area contributed by atoms with E-state index in [0.29, 0.717) is 23.0 Å². The number of ether oxygens (including phenoxy) is 2. The van der Waals surface area contributed by atoms with Crippen LogP contribution < -0.4 is 38.9 Å². The molecule has 8 aromatic carbocycles. The first kappa shape index (κ1) is 73.5. The van der Waals surface area contributed by atoms with Gasteiger partial charge in [0, 0.05) is 189 Å². The summed E-state index contributed by atoms with van der Waals surface area (Å²) in [6.07, 6.45) is 2.11. The van der Waals surface area contributed by atoms with Crippen molar-refractivity contribution in [1.82, 2.24) is 0 Å². The summed E-state index contributed by atoms with van der Waals surface area (Å²) < 4.78 is 13.0. The molecule has 0 heterocycles. The van der Waals surface area contributed by atoms with Gasteiger partial charge < -0.3 is 49.1 Å². The number of rotatable bonds is 36. The molecule has 2 aliphatic rings. The summed E-state index contributed by atoms with van der Waals surface area (Å²) in [7, 11) is 0. The lowest BCUT2D eigenvalue weighted by molar-refractivity contribution is 0.126. The molecule has 2 atom stereocenters. The van der Waals surface area contributed by atoms with Crippen molar-refractivity contribution in [3.8, 4) is 33.8 Å². The molecule has 520 valence electrons. The van der Waals surface area contributed by atoms with E-state index in [1.807, 2.05) is 12.1 Å². The van der Waals surface area contributed by atoms with E-state index in [2.05, 4.69) is 258 Å². The Balaban J connectivity index is 0.743. The second-order valence-corrected chi connectivity index (χ2v) is 27.7. The molecule has 99 heavy (non-hydrogen) atoms. The van der Waals surface area contributed by atoms with Crippen molar-refractivity contribution in [1.29, 1.82) is 0 Å². The van der Waals surface area contributed by atoms with Crippen LogP contribution in [-0.2, 0) is 0 Å². The molecule has 0 amide bonds. The molecule has 0 aromatic heterocycles. The molecule has 10 rings (SSSR count). The molecule has 17 heteroatoms. The highest BCUT2D eigenvalue weighted by Crippen LogP contribution is 2.43. The quantitative estimate of drug-likeness (QED) is 0.0220. The fourth-order valence-electron chi connectivity index (χ4n) is 13.1. The molecule has 14 nitrogen and oxygen atoms in total. The van der Waals surface area contributed by atoms with Gasteiger partial charge in [0.15, 0.2) is 0 Å². The van der Waals surface area contributed by atoms with E-state index in [1.165, 1.54) is 22.7 Å². The van der Waals surface area contributed by atoms with Crippen LogP contribution in [0.15, 0.2) is 198 Å². The molecule has 2 aliphatic carbocycles. The number of fused-ring (bicyclic) bond motifs is 6. The maximum Gasteiger partial charge on any atom is 0.130 e. The Bertz CT molecular complexity index is 3710. The van der Waals surface area contributed by atoms with E-state index < -0.39 is 12.2 Å². The fraction of sp³-hybridized carbons (Fsp3) is 0.366. The highest BCUT2D eigenvalue weighted by Gasteiger charge is 2.29. The van der Waals surface area contributed by atoms with Crippen molar-refractivity contribution in [2.24, 2.45) is 20.4 Å². The molecular weight excluding hydrogens is 1290 g/mol. The summed E-state index contributed by atoms with van der Waals surface area (Å²) in [6.45, 7) is 37.1. The lowest BCUT2D eigenvalue weighted by Gasteiger charge is -2.22. The molecule has 0 fully saturated rings. The predicted molar refractivity (Wildman–Crippen MR) is 426 cm³/mol. The Morgan fingerprint density at radius 3 is 0.848 bits per heavy atom. The topological polar surface area (TPSA) is 128 Å². The van der Waals surface area contributed by atoms with E-state index in [-0.39, 0.29) is 13.2 Å². The van der Waals surface area contributed by atoms with Crippen LogP contribution in [0.25, 0.3) is 22.3 Å². The summed E-state index contributed by atoms with van der Waals surface area (Å²) in [5.74, 6) is 2.21. The van der Waals surface area contributed by atoms with Gasteiger partial charge >= 0.3 is 0 Å². The molecule has 0 saturated heterocycles. The van der Waals surface area contributed by atoms with Gasteiger partial charge in [0.25, 0.3) is 0 Å². The number of anilines is 6. The minimum absolute atomic E-state index is 0.117. The molecule has 0 radical (unpaired) electrons. The second-order valence-electron chi connectivity index (χ2n) is 24.4. The van der Waals surface area contributed by atoms with Gasteiger partial charge in [-0.2, -0.15) is 10.2 Å². The molecule has 2 N–H and O–H groups in total. The van der Waals surface area contributed by atoms with E-state index in [4.69, 9.17) is 29.9 Å².